The van der Waals surface area contributed by atoms with Gasteiger partial charge in [-0.25, -0.2) is 76.5 Å². The van der Waals surface area contributed by atoms with E-state index in [4.69, 9.17) is 97.5 Å². The Kier molecular flexibility index (Phi) is 35.6. The molecule has 41 nitrogen and oxygen atoms in total. The van der Waals surface area contributed by atoms with Crippen molar-refractivity contribution in [2.24, 2.45) is 0 Å². The molecule has 149 heavy (non-hydrogen) atoms. The number of sulfonamides is 4. The number of halogens is 8. The van der Waals surface area contributed by atoms with E-state index in [1.54, 1.807) is 113 Å². The maximum absolute atomic E-state index is 13.4. The van der Waals surface area contributed by atoms with Gasteiger partial charge in [-0.2, -0.15) is 5.26 Å². The number of likely N-dealkylation sites (N-methyl/N-ethyl adjacent to an activating group) is 1. The number of carbonyl (C=O) groups excluding carboxylic acids is 6. The molecule has 16 aromatic rings. The summed E-state index contributed by atoms with van der Waals surface area (Å²) in [7, 11) is -4.82. The smallest absolute Gasteiger partial charge is 0.340 e. The van der Waals surface area contributed by atoms with Gasteiger partial charge in [-0.15, -0.1) is 45.3 Å². The summed E-state index contributed by atoms with van der Waals surface area (Å²) in [6, 6.07) is 46.5. The lowest BCUT2D eigenvalue weighted by atomic mass is 10.1. The lowest BCUT2D eigenvalue weighted by molar-refractivity contribution is -0.383. The van der Waals surface area contributed by atoms with Gasteiger partial charge in [0.2, 0.25) is 0 Å². The van der Waals surface area contributed by atoms with Gasteiger partial charge in [0.1, 0.15) is 40.3 Å². The van der Waals surface area contributed by atoms with E-state index in [1.165, 1.54) is 124 Å². The highest BCUT2D eigenvalue weighted by Gasteiger charge is 2.30. The molecule has 0 aliphatic rings. The SMILES string of the molecule is CNc1ccc2c(=O)n(-c3ccc(NC(=O)NS(=O)(=O)c4cc(Cl)c(Cl)s4)cc3)cc(C#N)c2c1.CNc1ccc2c(=O)n(-c3ccc(NC(=O)NS(=O)(=O)c4cc(Cl)c(Cl)s4)cc3)cc(C(=O)NCCN(C)C)c2c1.CNc1ccc2c(=O)n(-c3ccc(NC(=O)NS(=O)(=O)c4cc(Cl)c(Cl)s4)cc3)cc(C(=O)OC)c2c1.CNc1ccc2c(=O)n(-c3ccc(NC(=O)NS(=O)(=O)c4cc(Cl)c(Cl)s4)cc3)cc([N+](=O)[O-])c2c1. The molecule has 8 heterocycles. The Bertz CT molecular complexity index is 8800. The summed E-state index contributed by atoms with van der Waals surface area (Å²) in [6.45, 7) is 1.06. The molecule has 9 amide bonds. The van der Waals surface area contributed by atoms with Gasteiger partial charge in [0, 0.05) is 160 Å². The molecule has 0 atom stereocenters. The molecule has 8 aromatic heterocycles. The topological polar surface area (TPSA) is 563 Å². The number of anilines is 8. The number of benzene rings is 8. The number of nitrogens with zero attached hydrogens (tertiary/aromatic N) is 7. The number of carbonyl (C=O) groups is 6. The molecular weight excluding hydrogens is 2260 g/mol. The second-order valence-electron chi connectivity index (χ2n) is 31.0. The van der Waals surface area contributed by atoms with Gasteiger partial charge in [0.05, 0.1) is 65.8 Å². The van der Waals surface area contributed by atoms with Gasteiger partial charge in [0.15, 0.2) is 0 Å². The van der Waals surface area contributed by atoms with Crippen LogP contribution in [0.25, 0.3) is 65.8 Å². The summed E-state index contributed by atoms with van der Waals surface area (Å²) in [5, 5.41) is 48.7. The van der Waals surface area contributed by atoms with Crippen LogP contribution in [0.2, 0.25) is 37.4 Å². The zero-order valence-electron chi connectivity index (χ0n) is 77.2. The molecule has 8 aromatic carbocycles. The van der Waals surface area contributed by atoms with Crippen molar-refractivity contribution in [2.75, 3.05) is 105 Å². The summed E-state index contributed by atoms with van der Waals surface area (Å²) in [5.74, 6) is -0.945. The number of urea groups is 4. The zero-order chi connectivity index (χ0) is 108. The van der Waals surface area contributed by atoms with Crippen molar-refractivity contribution in [2.45, 2.75) is 16.8 Å². The second-order valence-corrected chi connectivity index (χ2v) is 46.9. The third kappa shape index (κ3) is 26.5. The summed E-state index contributed by atoms with van der Waals surface area (Å²) >= 11 is 49.2. The van der Waals surface area contributed by atoms with Gasteiger partial charge in [0.25, 0.3) is 73.9 Å². The molecule has 0 unspecified atom stereocenters. The van der Waals surface area contributed by atoms with E-state index in [1.807, 2.05) is 37.9 Å². The normalized spacial score (nSPS) is 11.3. The summed E-state index contributed by atoms with van der Waals surface area (Å²) < 4.78 is 116. The van der Waals surface area contributed by atoms with Crippen molar-refractivity contribution < 1.29 is 72.1 Å². The van der Waals surface area contributed by atoms with Crippen LogP contribution in [0.15, 0.2) is 255 Å². The molecule has 0 saturated carbocycles. The van der Waals surface area contributed by atoms with Gasteiger partial charge in [-0.3, -0.25) is 52.4 Å². The highest BCUT2D eigenvalue weighted by Crippen LogP contribution is 2.40. The number of amides is 9. The molecule has 0 bridgehead atoms. The van der Waals surface area contributed by atoms with Crippen molar-refractivity contribution in [3.05, 3.63) is 325 Å². The minimum Gasteiger partial charge on any atom is -0.465 e. The molecule has 0 spiro atoms. The summed E-state index contributed by atoms with van der Waals surface area (Å²) in [6.07, 6.45) is 5.44. The lowest BCUT2D eigenvalue weighted by Crippen LogP contribution is -2.34. The number of aromatic nitrogens is 4. The van der Waals surface area contributed by atoms with Gasteiger partial charge in [-0.05, 0) is 208 Å². The highest BCUT2D eigenvalue weighted by molar-refractivity contribution is 7.93. The fourth-order valence-electron chi connectivity index (χ4n) is 13.9. The third-order valence-corrected chi connectivity index (χ3v) is 35.8. The third-order valence-electron chi connectivity index (χ3n) is 21.1. The molecule has 0 fully saturated rings. The fourth-order valence-corrected chi connectivity index (χ4v) is 25.0. The summed E-state index contributed by atoms with van der Waals surface area (Å²) in [4.78, 5) is 140. The largest absolute Gasteiger partial charge is 0.465 e. The van der Waals surface area contributed by atoms with Crippen molar-refractivity contribution in [1.29, 1.82) is 5.26 Å². The zero-order valence-corrected chi connectivity index (χ0v) is 89.8. The monoisotopic (exact) mass is 2330 g/mol. The standard InChI is InChI=1S/C26H26Cl2N6O5S2.C23H18Cl2N4O6S2.C22H15Cl2N5O4S2.C21H15Cl2N5O6S2/c1-29-16-6-9-18-19(12-16)20(24(35)30-10-11-33(2)3)14-34(25(18)36)17-7-4-15(5-8-17)31-26(37)32-41(38,39)22-13-21(27)23(28)40-22;1-26-13-5-8-15-16(9-13)17(22(31)35-2)11-29(21(15)30)14-6-3-12(4-7-14)27-23(32)28-37(33,34)19-10-18(24)20(25)36-19;1-26-14-4-7-16-17(8-14)12(10-25)11-29(21(16)30)15-5-2-13(3-6-15)27-22(31)28-35(32,33)19-9-18(23)20(24)34-19;1-24-12-4-7-14-15(8-12)17(28(31)32)10-27(20(14)29)13-5-2-11(3-6-13)25-21(30)26-36(33,34)18-9-16(22)19(23)35-18/h4-9,12-14,29H,10-11H2,1-3H3,(H,30,35)(H2,31,32,37);3-11,26H,1-2H3,(H2,27,28,32);2-9,11,26H,1H3,(H2,27,28,31);2-10,24H,1H3,(H2,25,26,30). The Morgan fingerprint density at radius 1 is 0.376 bits per heavy atom. The van der Waals surface area contributed by atoms with Crippen molar-refractivity contribution in [3.8, 4) is 28.8 Å². The molecular formula is C92H74Cl8N20O21S8. The van der Waals surface area contributed by atoms with Crippen LogP contribution < -0.4 is 89.0 Å². The number of pyridine rings is 4. The molecule has 0 radical (unpaired) electrons. The Morgan fingerprint density at radius 3 is 0.913 bits per heavy atom. The number of hydrogen-bond donors (Lipinski definition) is 13. The minimum atomic E-state index is -4.20. The second kappa shape index (κ2) is 47.4. The van der Waals surface area contributed by atoms with Crippen LogP contribution in [0.4, 0.5) is 70.4 Å². The molecule has 0 aliphatic heterocycles. The highest BCUT2D eigenvalue weighted by atomic mass is 35.5. The van der Waals surface area contributed by atoms with E-state index in [0.717, 1.165) is 74.8 Å². The van der Waals surface area contributed by atoms with E-state index in [9.17, 15) is 97.0 Å². The Hall–Kier alpha value is -14.4. The van der Waals surface area contributed by atoms with E-state index >= 15 is 0 Å². The Morgan fingerprint density at radius 2 is 0.638 bits per heavy atom. The first kappa shape index (κ1) is 112. The quantitative estimate of drug-likeness (QED) is 0.0136. The van der Waals surface area contributed by atoms with E-state index in [2.05, 4.69) is 53.9 Å². The van der Waals surface area contributed by atoms with E-state index in [-0.39, 0.29) is 122 Å². The average Bonchev–Trinajstić information content (AvgIpc) is 1.46. The number of methoxy groups -OCH3 is 1. The maximum Gasteiger partial charge on any atom is 0.340 e. The van der Waals surface area contributed by atoms with Crippen LogP contribution in [-0.2, 0) is 44.8 Å². The number of ether oxygens (including phenoxy) is 1. The average molecular weight is 2340 g/mol. The number of hydrogen-bond acceptors (Lipinski definition) is 31. The Balaban J connectivity index is 0.000000166. The number of nitro groups is 1. The number of rotatable bonds is 26. The molecule has 772 valence electrons. The van der Waals surface area contributed by atoms with Crippen LogP contribution >= 0.6 is 138 Å². The lowest BCUT2D eigenvalue weighted by Gasteiger charge is -2.15. The van der Waals surface area contributed by atoms with E-state index < -0.39 is 80.7 Å². The molecule has 16 rings (SSSR count). The van der Waals surface area contributed by atoms with Gasteiger partial charge in [-0.1, -0.05) is 92.8 Å². The Labute approximate surface area is 900 Å². The van der Waals surface area contributed by atoms with Crippen LogP contribution in [0.3, 0.4) is 0 Å². The first-order chi connectivity index (χ1) is 70.5. The molecule has 57 heteroatoms. The van der Waals surface area contributed by atoms with Crippen LogP contribution in [0, 0.1) is 21.4 Å². The predicted octanol–water partition coefficient (Wildman–Crippen LogP) is 18.5. The minimum absolute atomic E-state index is 0.0460. The molecule has 0 saturated heterocycles. The van der Waals surface area contributed by atoms with Crippen molar-refractivity contribution >= 4 is 309 Å². The number of esters is 1. The van der Waals surface area contributed by atoms with Crippen LogP contribution in [0.5, 0.6) is 0 Å². The number of fused-ring (bicyclic) bond motifs is 4. The van der Waals surface area contributed by atoms with Gasteiger partial charge < -0.3 is 57.5 Å². The van der Waals surface area contributed by atoms with E-state index in [0.29, 0.717) is 108 Å². The number of nitrogens with one attached hydrogen (secondary N) is 13. The predicted molar refractivity (Wildman–Crippen MR) is 585 cm³/mol. The first-order valence-corrected chi connectivity index (χ1v) is 54.4. The van der Waals surface area contributed by atoms with Crippen LogP contribution in [-0.4, -0.2) is 160 Å². The van der Waals surface area contributed by atoms with Crippen molar-refractivity contribution in [3.63, 3.8) is 0 Å². The molecule has 13 N–H and O–H groups in total. The maximum atomic E-state index is 13.4. The fraction of sp³-hybridized carbons (Fsp3) is 0.0978. The van der Waals surface area contributed by atoms with Gasteiger partial charge >= 0.3 is 30.1 Å². The summed E-state index contributed by atoms with van der Waals surface area (Å²) in [5.41, 5.74) is 4.47. The first-order valence-electron chi connectivity index (χ1n) is 42.2. The van der Waals surface area contributed by atoms with Crippen molar-refractivity contribution in [1.82, 2.24) is 47.4 Å². The number of nitriles is 1. The van der Waals surface area contributed by atoms with Crippen LogP contribution in [0.1, 0.15) is 26.3 Å². The molecule has 0 aliphatic carbocycles. The number of thiophene rings is 4.